The SMILES string of the molecule is CCC[C@H](NC(=O)[C@@H]1C2C(CN1C(=O)[C@@H](NC(=O)[C@@H](NC(=O)c1cnccn1)C1CCCCC1)C(C)(C)C)C2(C)C)C(=O)C(=O)NC1CC1.COC(=O)[C@@H](NC(=O)c1cnccn1)C1CCCCC1.COC(=O)[C@@H]([NH3+])C1CCCCC1.O=C(O)c1cnccn1.[Cl-]. The number of carbonyl (C=O) groups excluding carboxylic acids is 9. The molecule has 3 aromatic rings. The van der Waals surface area contributed by atoms with Crippen molar-refractivity contribution >= 4 is 59.1 Å². The number of fused-ring (bicyclic) bond motifs is 1. The van der Waals surface area contributed by atoms with Crippen LogP contribution in [0, 0.1) is 40.4 Å². The molecular weight excluding hydrogens is 1190 g/mol. The Morgan fingerprint density at radius 3 is 1.52 bits per heavy atom. The fraction of sp³-hybridized carbons (Fsp3) is 0.656. The highest BCUT2D eigenvalue weighted by molar-refractivity contribution is 6.38. The lowest BCUT2D eigenvalue weighted by molar-refractivity contribution is -0.422. The molecule has 4 heterocycles. The van der Waals surface area contributed by atoms with Crippen LogP contribution >= 0.6 is 0 Å². The van der Waals surface area contributed by atoms with E-state index in [4.69, 9.17) is 9.84 Å². The molecule has 8 atom stereocenters. The Hall–Kier alpha value is -7.61. The number of carboxylic acids is 1. The van der Waals surface area contributed by atoms with Crippen molar-refractivity contribution in [3.63, 3.8) is 0 Å². The van der Waals surface area contributed by atoms with Crippen molar-refractivity contribution in [2.75, 3.05) is 20.8 Å². The Balaban J connectivity index is 0.000000288. The smallest absolute Gasteiger partial charge is 0.364 e. The summed E-state index contributed by atoms with van der Waals surface area (Å²) in [5.41, 5.74) is 3.19. The lowest BCUT2D eigenvalue weighted by Crippen LogP contribution is -3.00. The quantitative estimate of drug-likeness (QED) is 0.0616. The number of aromatic carboxylic acids is 1. The number of carbonyl (C=O) groups is 10. The zero-order chi connectivity index (χ0) is 65.7. The van der Waals surface area contributed by atoms with Crippen molar-refractivity contribution in [3.05, 3.63) is 72.9 Å². The van der Waals surface area contributed by atoms with Gasteiger partial charge in [0.15, 0.2) is 11.7 Å². The Labute approximate surface area is 538 Å². The number of quaternary nitrogens is 1. The molecule has 5 saturated carbocycles. The molecule has 2 unspecified atom stereocenters. The van der Waals surface area contributed by atoms with E-state index in [1.165, 1.54) is 95.7 Å². The monoisotopic (exact) mass is 1290 g/mol. The minimum Gasteiger partial charge on any atom is -1.00 e. The first-order chi connectivity index (χ1) is 42.9. The molecule has 26 nitrogen and oxygen atoms in total. The summed E-state index contributed by atoms with van der Waals surface area (Å²) in [4.78, 5) is 151. The highest BCUT2D eigenvalue weighted by Crippen LogP contribution is 2.65. The molecule has 9 N–H and O–H groups in total. The van der Waals surface area contributed by atoms with E-state index in [1.807, 2.05) is 27.7 Å². The number of ketones is 1. The summed E-state index contributed by atoms with van der Waals surface area (Å²) in [7, 11) is 2.77. The van der Waals surface area contributed by atoms with Gasteiger partial charge in [-0.25, -0.2) is 29.3 Å². The first-order valence-corrected chi connectivity index (χ1v) is 31.8. The first kappa shape index (κ1) is 74.1. The maximum Gasteiger partial charge on any atom is 0.364 e. The highest BCUT2D eigenvalue weighted by atomic mass is 35.5. The number of hydrogen-bond acceptors (Lipinski definition) is 18. The van der Waals surface area contributed by atoms with Crippen molar-refractivity contribution in [2.45, 2.75) is 206 Å². The summed E-state index contributed by atoms with van der Waals surface area (Å²) in [5, 5.41) is 22.5. The zero-order valence-corrected chi connectivity index (χ0v) is 54.6. The van der Waals surface area contributed by atoms with E-state index >= 15 is 0 Å². The van der Waals surface area contributed by atoms with Gasteiger partial charge in [-0.05, 0) is 92.3 Å². The fourth-order valence-corrected chi connectivity index (χ4v) is 12.7. The van der Waals surface area contributed by atoms with Gasteiger partial charge in [0.2, 0.25) is 23.5 Å². The zero-order valence-electron chi connectivity index (χ0n) is 53.8. The normalized spacial score (nSPS) is 20.9. The van der Waals surface area contributed by atoms with E-state index in [-0.39, 0.29) is 82.5 Å². The molecule has 5 aliphatic carbocycles. The number of aromatic nitrogens is 6. The van der Waals surface area contributed by atoms with Crippen LogP contribution in [0.5, 0.6) is 0 Å². The third-order valence-electron chi connectivity index (χ3n) is 18.2. The Kier molecular flexibility index (Phi) is 28.7. The lowest BCUT2D eigenvalue weighted by atomic mass is 9.82. The van der Waals surface area contributed by atoms with Crippen LogP contribution in [0.3, 0.4) is 0 Å². The third-order valence-corrected chi connectivity index (χ3v) is 18.2. The van der Waals surface area contributed by atoms with E-state index in [9.17, 15) is 47.9 Å². The van der Waals surface area contributed by atoms with Gasteiger partial charge in [0.05, 0.1) is 38.9 Å². The van der Waals surface area contributed by atoms with Gasteiger partial charge in [0.1, 0.15) is 35.6 Å². The number of likely N-dealkylation sites (tertiary alicyclic amines) is 1. The Bertz CT molecular complexity index is 2900. The Morgan fingerprint density at radius 1 is 0.637 bits per heavy atom. The number of rotatable bonds is 20. The van der Waals surface area contributed by atoms with Crippen LogP contribution in [0.1, 0.15) is 195 Å². The molecular formula is C64H94ClN13O13. The number of carboxylic acid groups (broad SMARTS) is 1. The second-order valence-corrected chi connectivity index (χ2v) is 26.0. The van der Waals surface area contributed by atoms with E-state index in [2.05, 4.69) is 80.8 Å². The van der Waals surface area contributed by atoms with Crippen LogP contribution in [-0.4, -0.2) is 162 Å². The molecule has 9 rings (SSSR count). The molecule has 6 amide bonds. The van der Waals surface area contributed by atoms with Crippen LogP contribution in [0.15, 0.2) is 55.8 Å². The van der Waals surface area contributed by atoms with Crippen LogP contribution in [-0.2, 0) is 43.0 Å². The average molecular weight is 1290 g/mol. The standard InChI is InChI=1S/C36H53N7O6.C14H19N3O3.C9H17NO2.C5H4N2O2.ClH/c1-7-11-23(28(44)33(48)39-21-14-15-21)40-32(47)27-25-22(36(25,5)6)19-43(27)34(49)29(35(2,3)4)42-31(46)26(20-12-9-8-10-13-20)41-30(45)24-18-37-16-17-38-24;1-20-14(19)12(10-5-3-2-4-6-10)17-13(18)11-9-15-7-8-16-11;1-12-9(11)8(10)7-5-3-2-4-6-7;8-5(9)4-3-6-1-2-7-4;/h16-18,20-23,25-27,29H,7-15,19H2,1-6H3,(H,39,48)(H,40,47)(H,41,45)(H,42,46);7-10,12H,2-6H2,1H3,(H,17,18);7-8H,2-6,10H2,1H3;1-3H,(H,8,9);1H/t22?,23-,25?,26-,27-,29+;12-;8-;;/m000../s1. The van der Waals surface area contributed by atoms with Crippen molar-refractivity contribution in [3.8, 4) is 0 Å². The molecule has 6 aliphatic rings. The van der Waals surface area contributed by atoms with Crippen LogP contribution in [0.4, 0.5) is 0 Å². The van der Waals surface area contributed by atoms with Gasteiger partial charge < -0.3 is 64.2 Å². The number of nitrogens with zero attached hydrogens (tertiary/aromatic N) is 7. The molecule has 0 aromatic carbocycles. The first-order valence-electron chi connectivity index (χ1n) is 31.8. The molecule has 0 bridgehead atoms. The number of halogens is 1. The number of methoxy groups -OCH3 is 2. The third kappa shape index (κ3) is 21.2. The number of esters is 2. The van der Waals surface area contributed by atoms with Crippen molar-refractivity contribution in [1.82, 2.24) is 61.4 Å². The summed E-state index contributed by atoms with van der Waals surface area (Å²) < 4.78 is 9.48. The molecule has 0 spiro atoms. The molecule has 6 fully saturated rings. The van der Waals surface area contributed by atoms with Gasteiger partial charge in [0, 0.05) is 55.7 Å². The summed E-state index contributed by atoms with van der Waals surface area (Å²) in [6, 6.07) is -4.49. The van der Waals surface area contributed by atoms with Gasteiger partial charge >= 0.3 is 17.9 Å². The van der Waals surface area contributed by atoms with Crippen LogP contribution in [0.2, 0.25) is 0 Å². The van der Waals surface area contributed by atoms with Crippen LogP contribution < -0.4 is 44.7 Å². The van der Waals surface area contributed by atoms with Crippen molar-refractivity contribution in [2.24, 2.45) is 40.4 Å². The van der Waals surface area contributed by atoms with Gasteiger partial charge in [-0.1, -0.05) is 106 Å². The van der Waals surface area contributed by atoms with Gasteiger partial charge in [-0.15, -0.1) is 0 Å². The minimum absolute atomic E-state index is 0. The molecule has 500 valence electrons. The predicted molar refractivity (Wildman–Crippen MR) is 327 cm³/mol. The average Bonchev–Trinajstić information content (AvgIpc) is 1.53. The Morgan fingerprint density at radius 2 is 1.10 bits per heavy atom. The van der Waals surface area contributed by atoms with Crippen molar-refractivity contribution < 1.29 is 80.7 Å². The van der Waals surface area contributed by atoms with Crippen LogP contribution in [0.25, 0.3) is 0 Å². The number of amides is 6. The van der Waals surface area contributed by atoms with Crippen molar-refractivity contribution in [1.29, 1.82) is 0 Å². The van der Waals surface area contributed by atoms with E-state index < -0.39 is 82.9 Å². The summed E-state index contributed by atoms with van der Waals surface area (Å²) >= 11 is 0. The van der Waals surface area contributed by atoms with E-state index in [0.717, 1.165) is 83.5 Å². The molecule has 3 aromatic heterocycles. The number of ether oxygens (including phenoxy) is 2. The highest BCUT2D eigenvalue weighted by Gasteiger charge is 2.70. The number of nitrogens with one attached hydrogen (secondary N) is 5. The van der Waals surface area contributed by atoms with Gasteiger partial charge in [-0.2, -0.15) is 0 Å². The largest absolute Gasteiger partial charge is 1.00 e. The summed E-state index contributed by atoms with van der Waals surface area (Å²) in [6.07, 6.45) is 30.8. The summed E-state index contributed by atoms with van der Waals surface area (Å²) in [5.74, 6) is -4.77. The minimum atomic E-state index is -1.05. The second kappa shape index (κ2) is 35.3. The lowest BCUT2D eigenvalue weighted by Gasteiger charge is -2.39. The van der Waals surface area contributed by atoms with E-state index in [0.29, 0.717) is 25.3 Å². The molecule has 27 heteroatoms. The topological polar surface area (TPSA) is 378 Å². The molecule has 1 aliphatic heterocycles. The molecule has 1 saturated heterocycles. The number of hydrogen-bond donors (Lipinski definition) is 7. The van der Waals surface area contributed by atoms with E-state index in [1.54, 1.807) is 4.90 Å². The number of piperidine rings is 1. The summed E-state index contributed by atoms with van der Waals surface area (Å²) in [6.45, 7) is 11.9. The number of Topliss-reactive ketones (excluding diaryl/α,β-unsaturated/α-hetero) is 1. The molecule has 91 heavy (non-hydrogen) atoms. The fourth-order valence-electron chi connectivity index (χ4n) is 12.7. The predicted octanol–water partition coefficient (Wildman–Crippen LogP) is 1.16. The van der Waals surface area contributed by atoms with Gasteiger partial charge in [0.25, 0.3) is 17.7 Å². The molecule has 0 radical (unpaired) electrons. The maximum atomic E-state index is 14.5. The maximum absolute atomic E-state index is 14.5. The van der Waals surface area contributed by atoms with Gasteiger partial charge in [-0.3, -0.25) is 48.5 Å². The second-order valence-electron chi connectivity index (χ2n) is 26.0.